The van der Waals surface area contributed by atoms with Crippen LogP contribution in [0.2, 0.25) is 0 Å². The molecule has 0 N–H and O–H groups in total. The lowest BCUT2D eigenvalue weighted by Gasteiger charge is -2.22. The molecule has 0 radical (unpaired) electrons. The Morgan fingerprint density at radius 2 is 2.17 bits per heavy atom. The number of allylic oxidation sites excluding steroid dienone is 2. The Kier molecular flexibility index (Phi) is 2.03. The van der Waals surface area contributed by atoms with Crippen LogP contribution < -0.4 is 0 Å². The summed E-state index contributed by atoms with van der Waals surface area (Å²) in [5.41, 5.74) is 0. The van der Waals surface area contributed by atoms with Gasteiger partial charge in [0, 0.05) is 5.92 Å². The SMILES string of the molecule is CCC[C@H]1C2C=CC(C2)[C@@H]1C=O. The van der Waals surface area contributed by atoms with Crippen LogP contribution in [0.1, 0.15) is 26.2 Å². The minimum atomic E-state index is 0.347. The van der Waals surface area contributed by atoms with Crippen molar-refractivity contribution in [2.75, 3.05) is 0 Å². The third-order valence-corrected chi connectivity index (χ3v) is 3.47. The summed E-state index contributed by atoms with van der Waals surface area (Å²) in [5.74, 6) is 2.33. The number of rotatable bonds is 3. The van der Waals surface area contributed by atoms with Gasteiger partial charge in [0.1, 0.15) is 6.29 Å². The molecule has 2 unspecified atom stereocenters. The van der Waals surface area contributed by atoms with E-state index in [0.29, 0.717) is 17.8 Å². The van der Waals surface area contributed by atoms with Crippen LogP contribution in [0.15, 0.2) is 12.2 Å². The first-order valence-electron chi connectivity index (χ1n) is 5.00. The normalized spacial score (nSPS) is 43.8. The average Bonchev–Trinajstić information content (AvgIpc) is 2.64. The fourth-order valence-electron chi connectivity index (χ4n) is 2.90. The van der Waals surface area contributed by atoms with Gasteiger partial charge in [0.05, 0.1) is 0 Å². The molecule has 66 valence electrons. The van der Waals surface area contributed by atoms with E-state index in [9.17, 15) is 4.79 Å². The number of hydrogen-bond donors (Lipinski definition) is 0. The number of carbonyl (C=O) groups excluding carboxylic acids is 1. The van der Waals surface area contributed by atoms with E-state index in [4.69, 9.17) is 0 Å². The molecule has 0 aromatic carbocycles. The summed E-state index contributed by atoms with van der Waals surface area (Å²) >= 11 is 0. The molecule has 0 spiro atoms. The Labute approximate surface area is 73.8 Å². The summed E-state index contributed by atoms with van der Waals surface area (Å²) in [6.45, 7) is 2.21. The summed E-state index contributed by atoms with van der Waals surface area (Å²) in [7, 11) is 0. The Balaban J connectivity index is 2.11. The van der Waals surface area contributed by atoms with Crippen molar-refractivity contribution in [1.29, 1.82) is 0 Å². The van der Waals surface area contributed by atoms with Crippen LogP contribution in [0.25, 0.3) is 0 Å². The van der Waals surface area contributed by atoms with Crippen molar-refractivity contribution in [3.8, 4) is 0 Å². The van der Waals surface area contributed by atoms with E-state index >= 15 is 0 Å². The molecule has 0 heterocycles. The summed E-state index contributed by atoms with van der Waals surface area (Å²) in [4.78, 5) is 10.8. The Hall–Kier alpha value is -0.590. The highest BCUT2D eigenvalue weighted by molar-refractivity contribution is 5.57. The van der Waals surface area contributed by atoms with E-state index in [2.05, 4.69) is 19.1 Å². The van der Waals surface area contributed by atoms with Gasteiger partial charge in [0.15, 0.2) is 0 Å². The summed E-state index contributed by atoms with van der Waals surface area (Å²) < 4.78 is 0. The van der Waals surface area contributed by atoms with E-state index in [1.54, 1.807) is 0 Å². The van der Waals surface area contributed by atoms with Gasteiger partial charge >= 0.3 is 0 Å². The molecule has 0 aliphatic heterocycles. The van der Waals surface area contributed by atoms with E-state index in [1.165, 1.54) is 25.5 Å². The topological polar surface area (TPSA) is 17.1 Å². The maximum Gasteiger partial charge on any atom is 0.123 e. The second-order valence-electron chi connectivity index (χ2n) is 4.11. The van der Waals surface area contributed by atoms with Crippen molar-refractivity contribution in [3.63, 3.8) is 0 Å². The smallest absolute Gasteiger partial charge is 0.123 e. The van der Waals surface area contributed by atoms with Crippen LogP contribution in [0.3, 0.4) is 0 Å². The van der Waals surface area contributed by atoms with Crippen molar-refractivity contribution < 1.29 is 4.79 Å². The first kappa shape index (κ1) is 8.03. The number of fused-ring (bicyclic) bond motifs is 2. The first-order chi connectivity index (χ1) is 5.86. The van der Waals surface area contributed by atoms with E-state index in [0.717, 1.165) is 5.92 Å². The summed E-state index contributed by atoms with van der Waals surface area (Å²) in [5, 5.41) is 0. The maximum atomic E-state index is 10.8. The molecule has 1 saturated carbocycles. The summed E-state index contributed by atoms with van der Waals surface area (Å²) in [6.07, 6.45) is 9.45. The molecule has 4 atom stereocenters. The van der Waals surface area contributed by atoms with Crippen LogP contribution in [0.5, 0.6) is 0 Å². The zero-order valence-electron chi connectivity index (χ0n) is 7.57. The van der Waals surface area contributed by atoms with Crippen LogP contribution >= 0.6 is 0 Å². The molecule has 1 nitrogen and oxygen atoms in total. The van der Waals surface area contributed by atoms with Crippen molar-refractivity contribution >= 4 is 6.29 Å². The molecular formula is C11H16O. The van der Waals surface area contributed by atoms with Crippen molar-refractivity contribution in [3.05, 3.63) is 12.2 Å². The van der Waals surface area contributed by atoms with Crippen molar-refractivity contribution in [1.82, 2.24) is 0 Å². The maximum absolute atomic E-state index is 10.8. The highest BCUT2D eigenvalue weighted by Gasteiger charge is 2.43. The number of hydrogen-bond acceptors (Lipinski definition) is 1. The second-order valence-corrected chi connectivity index (χ2v) is 4.11. The Bertz CT molecular complexity index is 207. The Morgan fingerprint density at radius 3 is 2.83 bits per heavy atom. The van der Waals surface area contributed by atoms with Crippen molar-refractivity contribution in [2.24, 2.45) is 23.7 Å². The molecule has 0 amide bonds. The molecule has 1 fully saturated rings. The predicted molar refractivity (Wildman–Crippen MR) is 48.7 cm³/mol. The minimum absolute atomic E-state index is 0.347. The third-order valence-electron chi connectivity index (χ3n) is 3.47. The number of aldehydes is 1. The van der Waals surface area contributed by atoms with Gasteiger partial charge in [0.25, 0.3) is 0 Å². The van der Waals surface area contributed by atoms with Crippen LogP contribution in [-0.2, 0) is 4.79 Å². The Morgan fingerprint density at radius 1 is 1.42 bits per heavy atom. The predicted octanol–water partition coefficient (Wildman–Crippen LogP) is 2.42. The van der Waals surface area contributed by atoms with Gasteiger partial charge in [-0.25, -0.2) is 0 Å². The molecule has 1 heteroatoms. The molecule has 0 aromatic heterocycles. The largest absolute Gasteiger partial charge is 0.303 e. The monoisotopic (exact) mass is 164 g/mol. The van der Waals surface area contributed by atoms with Gasteiger partial charge < -0.3 is 4.79 Å². The molecule has 12 heavy (non-hydrogen) atoms. The minimum Gasteiger partial charge on any atom is -0.303 e. The first-order valence-corrected chi connectivity index (χ1v) is 5.00. The van der Waals surface area contributed by atoms with Gasteiger partial charge in [-0.1, -0.05) is 25.5 Å². The molecule has 2 rings (SSSR count). The highest BCUT2D eigenvalue weighted by Crippen LogP contribution is 2.48. The zero-order valence-corrected chi connectivity index (χ0v) is 7.57. The van der Waals surface area contributed by atoms with Gasteiger partial charge in [-0.05, 0) is 30.6 Å². The molecule has 2 aliphatic carbocycles. The van der Waals surface area contributed by atoms with Crippen LogP contribution in [0.4, 0.5) is 0 Å². The van der Waals surface area contributed by atoms with E-state index in [-0.39, 0.29) is 0 Å². The van der Waals surface area contributed by atoms with Crippen molar-refractivity contribution in [2.45, 2.75) is 26.2 Å². The lowest BCUT2D eigenvalue weighted by Crippen LogP contribution is -2.20. The van der Waals surface area contributed by atoms with Gasteiger partial charge in [-0.15, -0.1) is 0 Å². The molecular weight excluding hydrogens is 148 g/mol. The third kappa shape index (κ3) is 1.03. The fraction of sp³-hybridized carbons (Fsp3) is 0.727. The summed E-state index contributed by atoms with van der Waals surface area (Å²) in [6, 6.07) is 0. The quantitative estimate of drug-likeness (QED) is 0.462. The number of carbonyl (C=O) groups is 1. The fourth-order valence-corrected chi connectivity index (χ4v) is 2.90. The van der Waals surface area contributed by atoms with Crippen LogP contribution in [-0.4, -0.2) is 6.29 Å². The van der Waals surface area contributed by atoms with E-state index in [1.807, 2.05) is 0 Å². The molecule has 0 saturated heterocycles. The highest BCUT2D eigenvalue weighted by atomic mass is 16.1. The molecule has 2 bridgehead atoms. The zero-order chi connectivity index (χ0) is 8.55. The molecule has 0 aromatic rings. The lowest BCUT2D eigenvalue weighted by atomic mass is 9.81. The lowest BCUT2D eigenvalue weighted by molar-refractivity contribution is -0.113. The average molecular weight is 164 g/mol. The van der Waals surface area contributed by atoms with E-state index < -0.39 is 0 Å². The standard InChI is InChI=1S/C11H16O/c1-2-3-10-8-4-5-9(6-8)11(10)7-12/h4-5,7-11H,2-3,6H2,1H3/t8?,9?,10-,11-/m0/s1. The van der Waals surface area contributed by atoms with Crippen LogP contribution in [0, 0.1) is 23.7 Å². The van der Waals surface area contributed by atoms with Gasteiger partial charge in [0.2, 0.25) is 0 Å². The molecule has 2 aliphatic rings. The van der Waals surface area contributed by atoms with Gasteiger partial charge in [-0.3, -0.25) is 0 Å². The van der Waals surface area contributed by atoms with Gasteiger partial charge in [-0.2, -0.15) is 0 Å². The second kappa shape index (κ2) is 3.04.